The molecule has 0 aromatic carbocycles. The van der Waals surface area contributed by atoms with Crippen molar-refractivity contribution in [1.82, 2.24) is 20.5 Å². The van der Waals surface area contributed by atoms with Gasteiger partial charge in [0.15, 0.2) is 5.96 Å². The minimum Gasteiger partial charge on any atom is -0.444 e. The maximum atomic E-state index is 12.3. The van der Waals surface area contributed by atoms with Crippen LogP contribution in [-0.4, -0.2) is 53.7 Å². The van der Waals surface area contributed by atoms with Crippen LogP contribution in [0, 0.1) is 19.8 Å². The Hall–Kier alpha value is -1.83. The minimum atomic E-state index is -0.458. The van der Waals surface area contributed by atoms with Crippen LogP contribution in [0.1, 0.15) is 56.1 Å². The van der Waals surface area contributed by atoms with Gasteiger partial charge in [-0.05, 0) is 60.3 Å². The molecule has 1 unspecified atom stereocenters. The van der Waals surface area contributed by atoms with Crippen molar-refractivity contribution in [1.29, 1.82) is 0 Å². The SMILES string of the molecule is CCNC(=NCc1sc(C)nc1C)NCC1CCCN(C(=O)OC(C)(C)C)C1. The molecule has 0 spiro atoms. The van der Waals surface area contributed by atoms with Gasteiger partial charge in [0.1, 0.15) is 5.60 Å². The van der Waals surface area contributed by atoms with Gasteiger partial charge in [0, 0.05) is 31.1 Å². The summed E-state index contributed by atoms with van der Waals surface area (Å²) in [5.74, 6) is 1.19. The first-order valence-electron chi connectivity index (χ1n) is 10.1. The number of thiazole rings is 1. The Morgan fingerprint density at radius 2 is 2.11 bits per heavy atom. The smallest absolute Gasteiger partial charge is 0.410 e. The fraction of sp³-hybridized carbons (Fsp3) is 0.750. The second kappa shape index (κ2) is 10.1. The first kappa shape index (κ1) is 22.5. The molecule has 0 saturated carbocycles. The van der Waals surface area contributed by atoms with Crippen LogP contribution >= 0.6 is 11.3 Å². The summed E-state index contributed by atoms with van der Waals surface area (Å²) in [5.41, 5.74) is 0.600. The molecule has 1 aromatic rings. The third-order valence-electron chi connectivity index (χ3n) is 4.45. The predicted molar refractivity (Wildman–Crippen MR) is 115 cm³/mol. The van der Waals surface area contributed by atoms with Gasteiger partial charge in [-0.2, -0.15) is 0 Å². The van der Waals surface area contributed by atoms with Gasteiger partial charge in [-0.3, -0.25) is 0 Å². The highest BCUT2D eigenvalue weighted by Crippen LogP contribution is 2.19. The van der Waals surface area contributed by atoms with Crippen LogP contribution in [0.15, 0.2) is 4.99 Å². The van der Waals surface area contributed by atoms with Gasteiger partial charge in [-0.25, -0.2) is 14.8 Å². The molecule has 158 valence electrons. The van der Waals surface area contributed by atoms with E-state index >= 15 is 0 Å². The fourth-order valence-electron chi connectivity index (χ4n) is 3.18. The maximum Gasteiger partial charge on any atom is 0.410 e. The highest BCUT2D eigenvalue weighted by atomic mass is 32.1. The molecule has 8 heteroatoms. The van der Waals surface area contributed by atoms with Crippen molar-refractivity contribution in [3.8, 4) is 0 Å². The summed E-state index contributed by atoms with van der Waals surface area (Å²) in [7, 11) is 0. The van der Waals surface area contributed by atoms with Crippen LogP contribution in [0.5, 0.6) is 0 Å². The molecule has 28 heavy (non-hydrogen) atoms. The molecule has 1 aliphatic heterocycles. The molecule has 7 nitrogen and oxygen atoms in total. The van der Waals surface area contributed by atoms with E-state index in [1.165, 1.54) is 4.88 Å². The number of rotatable bonds is 5. The summed E-state index contributed by atoms with van der Waals surface area (Å²) in [6, 6.07) is 0. The first-order chi connectivity index (χ1) is 13.2. The molecule has 0 aliphatic carbocycles. The minimum absolute atomic E-state index is 0.214. The summed E-state index contributed by atoms with van der Waals surface area (Å²) >= 11 is 1.70. The Morgan fingerprint density at radius 3 is 2.71 bits per heavy atom. The Labute approximate surface area is 173 Å². The second-order valence-corrected chi connectivity index (χ2v) is 9.54. The van der Waals surface area contributed by atoms with Crippen LogP contribution in [0.4, 0.5) is 4.79 Å². The Kier molecular flexibility index (Phi) is 8.10. The zero-order valence-corrected chi connectivity index (χ0v) is 18.9. The van der Waals surface area contributed by atoms with Gasteiger partial charge in [0.2, 0.25) is 0 Å². The lowest BCUT2D eigenvalue weighted by atomic mass is 9.98. The highest BCUT2D eigenvalue weighted by molar-refractivity contribution is 7.11. The number of hydrogen-bond donors (Lipinski definition) is 2. The van der Waals surface area contributed by atoms with Crippen molar-refractivity contribution in [3.05, 3.63) is 15.6 Å². The van der Waals surface area contributed by atoms with Crippen molar-refractivity contribution < 1.29 is 9.53 Å². The van der Waals surface area contributed by atoms with Crippen molar-refractivity contribution in [3.63, 3.8) is 0 Å². The summed E-state index contributed by atoms with van der Waals surface area (Å²) in [4.78, 5) is 24.5. The van der Waals surface area contributed by atoms with Gasteiger partial charge in [-0.1, -0.05) is 0 Å². The molecule has 1 aromatic heterocycles. The number of hydrogen-bond acceptors (Lipinski definition) is 5. The topological polar surface area (TPSA) is 78.9 Å². The van der Waals surface area contributed by atoms with E-state index in [0.29, 0.717) is 19.0 Å². The largest absolute Gasteiger partial charge is 0.444 e. The number of piperidine rings is 1. The van der Waals surface area contributed by atoms with Crippen LogP contribution < -0.4 is 10.6 Å². The quantitative estimate of drug-likeness (QED) is 0.575. The zero-order chi connectivity index (χ0) is 20.7. The number of nitrogens with one attached hydrogen (secondary N) is 2. The molecule has 0 radical (unpaired) electrons. The van der Waals surface area contributed by atoms with E-state index in [1.807, 2.05) is 39.5 Å². The van der Waals surface area contributed by atoms with Crippen LogP contribution in [0.2, 0.25) is 0 Å². The third kappa shape index (κ3) is 7.30. The van der Waals surface area contributed by atoms with E-state index in [2.05, 4.69) is 22.5 Å². The first-order valence-corrected chi connectivity index (χ1v) is 10.9. The Morgan fingerprint density at radius 1 is 1.36 bits per heavy atom. The number of nitrogens with zero attached hydrogens (tertiary/aromatic N) is 3. The molecule has 0 bridgehead atoms. The highest BCUT2D eigenvalue weighted by Gasteiger charge is 2.27. The Bertz CT molecular complexity index is 681. The van der Waals surface area contributed by atoms with Crippen molar-refractivity contribution in [2.24, 2.45) is 10.9 Å². The molecule has 1 aliphatic rings. The lowest BCUT2D eigenvalue weighted by Gasteiger charge is -2.34. The average Bonchev–Trinajstić information content (AvgIpc) is 2.93. The molecule has 1 amide bonds. The maximum absolute atomic E-state index is 12.3. The molecular formula is C20H35N5O2S. The van der Waals surface area contributed by atoms with Gasteiger partial charge in [-0.15, -0.1) is 11.3 Å². The normalized spacial score (nSPS) is 18.1. The van der Waals surface area contributed by atoms with Gasteiger partial charge >= 0.3 is 6.09 Å². The molecular weight excluding hydrogens is 374 g/mol. The fourth-order valence-corrected chi connectivity index (χ4v) is 4.04. The van der Waals surface area contributed by atoms with Gasteiger partial charge in [0.25, 0.3) is 0 Å². The molecule has 1 fully saturated rings. The number of guanidine groups is 1. The number of aryl methyl sites for hydroxylation is 2. The summed E-state index contributed by atoms with van der Waals surface area (Å²) < 4.78 is 5.52. The van der Waals surface area contributed by atoms with E-state index in [0.717, 1.165) is 49.1 Å². The van der Waals surface area contributed by atoms with Gasteiger partial charge in [0.05, 0.1) is 17.2 Å². The molecule has 2 heterocycles. The van der Waals surface area contributed by atoms with Crippen LogP contribution in [0.25, 0.3) is 0 Å². The predicted octanol–water partition coefficient (Wildman–Crippen LogP) is 3.46. The third-order valence-corrected chi connectivity index (χ3v) is 5.51. The average molecular weight is 410 g/mol. The van der Waals surface area contributed by atoms with E-state index in [-0.39, 0.29) is 6.09 Å². The van der Waals surface area contributed by atoms with E-state index in [9.17, 15) is 4.79 Å². The molecule has 1 atom stereocenters. The molecule has 2 rings (SSSR count). The monoisotopic (exact) mass is 409 g/mol. The van der Waals surface area contributed by atoms with E-state index < -0.39 is 5.60 Å². The number of carbonyl (C=O) groups excluding carboxylic acids is 1. The lowest BCUT2D eigenvalue weighted by molar-refractivity contribution is 0.0168. The lowest BCUT2D eigenvalue weighted by Crippen LogP contribution is -2.47. The van der Waals surface area contributed by atoms with E-state index in [1.54, 1.807) is 11.3 Å². The van der Waals surface area contributed by atoms with Gasteiger partial charge < -0.3 is 20.3 Å². The van der Waals surface area contributed by atoms with Crippen LogP contribution in [-0.2, 0) is 11.3 Å². The number of likely N-dealkylation sites (tertiary alicyclic amines) is 1. The summed E-state index contributed by atoms with van der Waals surface area (Å²) in [6.07, 6.45) is 1.88. The standard InChI is InChI=1S/C20H35N5O2S/c1-7-21-18(23-12-17-14(2)24-15(3)28-17)22-11-16-9-8-10-25(13-16)19(26)27-20(4,5)6/h16H,7-13H2,1-6H3,(H2,21,22,23). The number of carbonyl (C=O) groups is 1. The van der Waals surface area contributed by atoms with Crippen molar-refractivity contribution in [2.75, 3.05) is 26.2 Å². The Balaban J connectivity index is 1.89. The number of aromatic nitrogens is 1. The summed E-state index contributed by atoms with van der Waals surface area (Å²) in [6.45, 7) is 15.5. The van der Waals surface area contributed by atoms with Crippen molar-refractivity contribution in [2.45, 2.75) is 66.5 Å². The van der Waals surface area contributed by atoms with Crippen LogP contribution in [0.3, 0.4) is 0 Å². The number of ether oxygens (including phenoxy) is 1. The zero-order valence-electron chi connectivity index (χ0n) is 18.1. The second-order valence-electron chi connectivity index (χ2n) is 8.25. The number of amides is 1. The van der Waals surface area contributed by atoms with Crippen molar-refractivity contribution >= 4 is 23.4 Å². The summed E-state index contributed by atoms with van der Waals surface area (Å²) in [5, 5.41) is 7.81. The van der Waals surface area contributed by atoms with E-state index in [4.69, 9.17) is 9.73 Å². The molecule has 1 saturated heterocycles. The molecule has 2 N–H and O–H groups in total. The number of aliphatic imine (C=N–C) groups is 1.